The number of hydrogen-bond acceptors (Lipinski definition) is 5. The van der Waals surface area contributed by atoms with E-state index in [1.54, 1.807) is 47.5 Å². The van der Waals surface area contributed by atoms with Gasteiger partial charge in [-0.3, -0.25) is 19.4 Å². The molecule has 0 saturated heterocycles. The van der Waals surface area contributed by atoms with E-state index in [0.717, 1.165) is 33.5 Å². The summed E-state index contributed by atoms with van der Waals surface area (Å²) >= 11 is 0. The van der Waals surface area contributed by atoms with Crippen LogP contribution in [0.3, 0.4) is 0 Å². The number of anilines is 1. The van der Waals surface area contributed by atoms with E-state index in [1.807, 2.05) is 45.1 Å². The fourth-order valence-corrected chi connectivity index (χ4v) is 4.06. The van der Waals surface area contributed by atoms with Crippen molar-refractivity contribution >= 4 is 40.4 Å². The lowest BCUT2D eigenvalue weighted by Crippen LogP contribution is -2.18. The fraction of sp³-hybridized carbons (Fsp3) is 0.148. The number of nitrogens with one attached hydrogen (secondary N) is 3. The van der Waals surface area contributed by atoms with E-state index in [9.17, 15) is 9.59 Å². The minimum atomic E-state index is -0.264. The van der Waals surface area contributed by atoms with Gasteiger partial charge in [-0.2, -0.15) is 10.2 Å². The van der Waals surface area contributed by atoms with Gasteiger partial charge in [0.05, 0.1) is 35.1 Å². The smallest absolute Gasteiger partial charge is 0.273 e. The predicted octanol–water partition coefficient (Wildman–Crippen LogP) is 4.77. The molecule has 3 aromatic heterocycles. The second-order valence-electron chi connectivity index (χ2n) is 8.51. The van der Waals surface area contributed by atoms with Gasteiger partial charge in [-0.15, -0.1) is 0 Å². The van der Waals surface area contributed by atoms with Gasteiger partial charge in [-0.25, -0.2) is 4.98 Å². The van der Waals surface area contributed by atoms with Crippen LogP contribution >= 0.6 is 0 Å². The van der Waals surface area contributed by atoms with Crippen molar-refractivity contribution in [2.75, 3.05) is 5.32 Å². The molecule has 0 aliphatic rings. The average Bonchev–Trinajstić information content (AvgIpc) is 3.63. The lowest BCUT2D eigenvalue weighted by atomic mass is 9.99. The van der Waals surface area contributed by atoms with Gasteiger partial charge in [0.25, 0.3) is 5.91 Å². The normalized spacial score (nSPS) is 11.4. The highest BCUT2D eigenvalue weighted by Gasteiger charge is 2.17. The van der Waals surface area contributed by atoms with Crippen LogP contribution in [0.1, 0.15) is 56.0 Å². The molecule has 3 N–H and O–H groups in total. The Labute approximate surface area is 207 Å². The van der Waals surface area contributed by atoms with Crippen molar-refractivity contribution in [2.24, 2.45) is 0 Å². The minimum absolute atomic E-state index is 0.147. The molecule has 180 valence electrons. The van der Waals surface area contributed by atoms with E-state index in [0.29, 0.717) is 29.1 Å². The van der Waals surface area contributed by atoms with Gasteiger partial charge in [0.15, 0.2) is 5.78 Å². The second-order valence-corrected chi connectivity index (χ2v) is 8.51. The largest absolute Gasteiger partial charge is 0.345 e. The number of benzene rings is 2. The minimum Gasteiger partial charge on any atom is -0.345 e. The van der Waals surface area contributed by atoms with Gasteiger partial charge >= 0.3 is 0 Å². The summed E-state index contributed by atoms with van der Waals surface area (Å²) < 4.78 is 1.66. The van der Waals surface area contributed by atoms with Crippen LogP contribution < -0.4 is 5.32 Å². The number of imidazole rings is 1. The summed E-state index contributed by atoms with van der Waals surface area (Å²) in [5, 5.41) is 15.5. The van der Waals surface area contributed by atoms with Crippen LogP contribution in [0, 0.1) is 13.8 Å². The first-order valence-corrected chi connectivity index (χ1v) is 11.6. The molecule has 0 fully saturated rings. The number of rotatable bonds is 7. The summed E-state index contributed by atoms with van der Waals surface area (Å²) in [5.41, 5.74) is 6.09. The SMILES string of the molecule is CCn1nc(C)cc1C(=O)Nc1cc(C(=O)c2ccc3c(C=Cc4cnc[nH]4)n[nH]c3c2)ccc1C. The topological polar surface area (TPSA) is 121 Å². The summed E-state index contributed by atoms with van der Waals surface area (Å²) in [6.07, 6.45) is 7.11. The van der Waals surface area contributed by atoms with E-state index in [-0.39, 0.29) is 11.7 Å². The van der Waals surface area contributed by atoms with Crippen LogP contribution in [0.25, 0.3) is 23.1 Å². The molecule has 36 heavy (non-hydrogen) atoms. The molecule has 0 bridgehead atoms. The molecule has 0 radical (unpaired) electrons. The summed E-state index contributed by atoms with van der Waals surface area (Å²) in [6.45, 7) is 6.26. The maximum Gasteiger partial charge on any atom is 0.273 e. The zero-order chi connectivity index (χ0) is 25.2. The second kappa shape index (κ2) is 9.46. The molecule has 0 aliphatic heterocycles. The Bertz CT molecular complexity index is 1610. The number of aromatic nitrogens is 6. The Morgan fingerprint density at radius 2 is 1.86 bits per heavy atom. The van der Waals surface area contributed by atoms with Crippen molar-refractivity contribution < 1.29 is 9.59 Å². The molecule has 0 unspecified atom stereocenters. The number of fused-ring (bicyclic) bond motifs is 1. The lowest BCUT2D eigenvalue weighted by molar-refractivity contribution is 0.101. The van der Waals surface area contributed by atoms with E-state index in [4.69, 9.17) is 0 Å². The molecule has 5 rings (SSSR count). The molecule has 5 aromatic rings. The van der Waals surface area contributed by atoms with Crippen LogP contribution in [0.5, 0.6) is 0 Å². The first-order chi connectivity index (χ1) is 17.4. The molecule has 9 heteroatoms. The average molecular weight is 480 g/mol. The first kappa shape index (κ1) is 23.0. The van der Waals surface area contributed by atoms with Crippen molar-refractivity contribution in [3.8, 4) is 0 Å². The zero-order valence-electron chi connectivity index (χ0n) is 20.2. The molecule has 1 amide bonds. The van der Waals surface area contributed by atoms with Crippen LogP contribution in [-0.4, -0.2) is 41.6 Å². The lowest BCUT2D eigenvalue weighted by Gasteiger charge is -2.11. The molecule has 0 atom stereocenters. The van der Waals surface area contributed by atoms with Gasteiger partial charge in [-0.1, -0.05) is 18.2 Å². The first-order valence-electron chi connectivity index (χ1n) is 11.6. The summed E-state index contributed by atoms with van der Waals surface area (Å²) in [4.78, 5) is 33.2. The Balaban J connectivity index is 1.39. The number of nitrogens with zero attached hydrogens (tertiary/aromatic N) is 4. The fourth-order valence-electron chi connectivity index (χ4n) is 4.06. The van der Waals surface area contributed by atoms with Crippen molar-refractivity contribution in [2.45, 2.75) is 27.3 Å². The maximum absolute atomic E-state index is 13.3. The highest BCUT2D eigenvalue weighted by Crippen LogP contribution is 2.24. The molecule has 9 nitrogen and oxygen atoms in total. The molecule has 0 spiro atoms. The molecule has 2 aromatic carbocycles. The van der Waals surface area contributed by atoms with Gasteiger partial charge in [0.2, 0.25) is 0 Å². The van der Waals surface area contributed by atoms with E-state index in [1.165, 1.54) is 0 Å². The van der Waals surface area contributed by atoms with E-state index >= 15 is 0 Å². The maximum atomic E-state index is 13.3. The summed E-state index contributed by atoms with van der Waals surface area (Å²) in [7, 11) is 0. The highest BCUT2D eigenvalue weighted by molar-refractivity contribution is 6.12. The third-order valence-corrected chi connectivity index (χ3v) is 5.98. The Hall–Kier alpha value is -4.79. The summed E-state index contributed by atoms with van der Waals surface area (Å²) in [6, 6.07) is 12.5. The number of amides is 1. The zero-order valence-corrected chi connectivity index (χ0v) is 20.2. The van der Waals surface area contributed by atoms with Crippen molar-refractivity contribution in [1.29, 1.82) is 0 Å². The Morgan fingerprint density at radius 1 is 1.06 bits per heavy atom. The number of hydrogen-bond donors (Lipinski definition) is 3. The monoisotopic (exact) mass is 479 g/mol. The quantitative estimate of drug-likeness (QED) is 0.290. The Morgan fingerprint density at radius 3 is 2.64 bits per heavy atom. The van der Waals surface area contributed by atoms with Crippen molar-refractivity contribution in [1.82, 2.24) is 29.9 Å². The van der Waals surface area contributed by atoms with Crippen molar-refractivity contribution in [3.05, 3.63) is 94.5 Å². The van der Waals surface area contributed by atoms with E-state index in [2.05, 4.69) is 30.6 Å². The summed E-state index contributed by atoms with van der Waals surface area (Å²) in [5.74, 6) is -0.411. The van der Waals surface area contributed by atoms with Gasteiger partial charge in [-0.05, 0) is 62.8 Å². The van der Waals surface area contributed by atoms with Gasteiger partial charge in [0.1, 0.15) is 5.69 Å². The van der Waals surface area contributed by atoms with Crippen LogP contribution in [-0.2, 0) is 6.54 Å². The highest BCUT2D eigenvalue weighted by atomic mass is 16.2. The molecule has 3 heterocycles. The van der Waals surface area contributed by atoms with Crippen LogP contribution in [0.2, 0.25) is 0 Å². The predicted molar refractivity (Wildman–Crippen MR) is 139 cm³/mol. The molecule has 0 aliphatic carbocycles. The van der Waals surface area contributed by atoms with Crippen molar-refractivity contribution in [3.63, 3.8) is 0 Å². The standard InChI is InChI=1S/C27H25N7O2/c1-4-34-25(11-17(3)33-34)27(36)30-23-12-18(6-5-16(23)2)26(35)19-7-9-21-22(31-32-24(21)13-19)10-8-20-14-28-15-29-20/h5-15H,4H2,1-3H3,(H,28,29)(H,30,36)(H,31,32). The molecular formula is C27H25N7O2. The molecule has 0 saturated carbocycles. The Kier molecular flexibility index (Phi) is 6.03. The third kappa shape index (κ3) is 4.46. The van der Waals surface area contributed by atoms with E-state index < -0.39 is 0 Å². The molecular weight excluding hydrogens is 454 g/mol. The number of aryl methyl sites for hydroxylation is 3. The van der Waals surface area contributed by atoms with Gasteiger partial charge in [0, 0.05) is 28.7 Å². The number of carbonyl (C=O) groups is 2. The van der Waals surface area contributed by atoms with Crippen LogP contribution in [0.15, 0.2) is 55.0 Å². The number of ketones is 1. The third-order valence-electron chi connectivity index (χ3n) is 5.98. The number of carbonyl (C=O) groups excluding carboxylic acids is 2. The number of H-pyrrole nitrogens is 2. The van der Waals surface area contributed by atoms with Gasteiger partial charge < -0.3 is 10.3 Å². The number of aromatic amines is 2. The van der Waals surface area contributed by atoms with Crippen LogP contribution in [0.4, 0.5) is 5.69 Å².